The number of aryl methyl sites for hydroxylation is 1. The van der Waals surface area contributed by atoms with E-state index in [1.165, 1.54) is 0 Å². The molecule has 2 heterocycles. The van der Waals surface area contributed by atoms with Crippen LogP contribution < -0.4 is 0 Å². The van der Waals surface area contributed by atoms with Crippen LogP contribution in [0.15, 0.2) is 6.17 Å². The molecule has 1 fully saturated rings. The van der Waals surface area contributed by atoms with E-state index < -0.39 is 37.6 Å². The van der Waals surface area contributed by atoms with Crippen LogP contribution >= 0.6 is 0 Å². The predicted octanol–water partition coefficient (Wildman–Crippen LogP) is 1.47. The number of rotatable bonds is 3. The van der Waals surface area contributed by atoms with Gasteiger partial charge < -0.3 is 9.30 Å². The molecule has 0 N–H and O–H groups in total. The van der Waals surface area contributed by atoms with Crippen molar-refractivity contribution in [1.29, 1.82) is 0 Å². The highest BCUT2D eigenvalue weighted by Crippen LogP contribution is 2.28. The zero-order valence-corrected chi connectivity index (χ0v) is 9.28. The average Bonchev–Trinajstić information content (AvgIpc) is 2.67. The molecule has 0 saturated carbocycles. The molecule has 0 radical (unpaired) electrons. The van der Waals surface area contributed by atoms with E-state index in [4.69, 9.17) is 13.0 Å². The molecule has 0 bridgehead atoms. The molecule has 1 aromatic rings. The van der Waals surface area contributed by atoms with Crippen molar-refractivity contribution in [1.82, 2.24) is 9.55 Å². The number of carbonyl (C=O) groups excluding carboxylic acids is 1. The lowest BCUT2D eigenvalue weighted by Gasteiger charge is -2.13. The van der Waals surface area contributed by atoms with Crippen molar-refractivity contribution in [3.05, 3.63) is 17.7 Å². The van der Waals surface area contributed by atoms with E-state index in [-0.39, 0.29) is 12.6 Å². The Morgan fingerprint density at radius 2 is 2.69 bits per heavy atom. The van der Waals surface area contributed by atoms with E-state index >= 15 is 0 Å². The fourth-order valence-electron chi connectivity index (χ4n) is 1.75. The number of cyclic esters (lactones) is 1. The maximum atomic E-state index is 11.9. The van der Waals surface area contributed by atoms with Gasteiger partial charge in [-0.25, -0.2) is 4.98 Å². The van der Waals surface area contributed by atoms with Crippen LogP contribution in [0.5, 0.6) is 0 Å². The van der Waals surface area contributed by atoms with Gasteiger partial charge >= 0.3 is 5.97 Å². The average molecular weight is 228 g/mol. The SMILES string of the molecule is [2H]c1nc(C)n(C)c1C[C@@H]1[C@H](CC([2H])([2H])[2H])C(=O)OC1([2H])[2H]. The van der Waals surface area contributed by atoms with Crippen molar-refractivity contribution in [2.75, 3.05) is 6.56 Å². The van der Waals surface area contributed by atoms with E-state index in [2.05, 4.69) is 4.98 Å². The van der Waals surface area contributed by atoms with Crippen LogP contribution in [0.1, 0.15) is 33.0 Å². The lowest BCUT2D eigenvalue weighted by molar-refractivity contribution is -0.141. The summed E-state index contributed by atoms with van der Waals surface area (Å²) >= 11 is 0. The highest BCUT2D eigenvalue weighted by atomic mass is 16.5. The van der Waals surface area contributed by atoms with Gasteiger partial charge in [0.15, 0.2) is 0 Å². The Labute approximate surface area is 104 Å². The maximum Gasteiger partial charge on any atom is 0.309 e. The van der Waals surface area contributed by atoms with Crippen molar-refractivity contribution in [2.24, 2.45) is 18.9 Å². The van der Waals surface area contributed by atoms with E-state index in [1.54, 1.807) is 18.5 Å². The highest BCUT2D eigenvalue weighted by Gasteiger charge is 2.35. The largest absolute Gasteiger partial charge is 0.465 e. The summed E-state index contributed by atoms with van der Waals surface area (Å²) in [6, 6.07) is 0. The molecule has 88 valence electrons. The summed E-state index contributed by atoms with van der Waals surface area (Å²) in [4.78, 5) is 15.9. The minimum absolute atomic E-state index is 0.00258. The fourth-order valence-corrected chi connectivity index (χ4v) is 1.75. The van der Waals surface area contributed by atoms with Gasteiger partial charge in [-0.15, -0.1) is 0 Å². The second-order valence-corrected chi connectivity index (χ2v) is 3.94. The second kappa shape index (κ2) is 4.28. The lowest BCUT2D eigenvalue weighted by Crippen LogP contribution is -2.18. The third-order valence-corrected chi connectivity index (χ3v) is 2.97. The van der Waals surface area contributed by atoms with Gasteiger partial charge in [0.25, 0.3) is 0 Å². The number of hydrogen-bond donors (Lipinski definition) is 0. The molecule has 2 rings (SSSR count). The maximum absolute atomic E-state index is 11.9. The second-order valence-electron chi connectivity index (χ2n) is 3.94. The van der Waals surface area contributed by atoms with E-state index in [0.29, 0.717) is 11.5 Å². The van der Waals surface area contributed by atoms with Crippen LogP contribution in [0.4, 0.5) is 0 Å². The fraction of sp³-hybridized carbons (Fsp3) is 0.667. The summed E-state index contributed by atoms with van der Waals surface area (Å²) in [7, 11) is 1.70. The standard InChI is InChI=1S/C12H18N2O2/c1-4-11-9(7-16-12(11)15)5-10-6-13-8(2)14(10)3/h6,9,11H,4-5,7H2,1-3H3/t9-,11-/m0/s1/i1D3,6D,7D2. The molecule has 0 spiro atoms. The Bertz CT molecular complexity index is 595. The molecule has 4 heteroatoms. The number of imidazole rings is 1. The molecule has 16 heavy (non-hydrogen) atoms. The molecule has 4 nitrogen and oxygen atoms in total. The van der Waals surface area contributed by atoms with Crippen molar-refractivity contribution < 1.29 is 17.8 Å². The third-order valence-electron chi connectivity index (χ3n) is 2.97. The molecule has 0 aromatic carbocycles. The molecule has 1 aliphatic heterocycles. The van der Waals surface area contributed by atoms with Gasteiger partial charge in [0.05, 0.1) is 16.6 Å². The predicted molar refractivity (Wildman–Crippen MR) is 59.9 cm³/mol. The number of aromatic nitrogens is 2. The van der Waals surface area contributed by atoms with Crippen LogP contribution in [0.2, 0.25) is 0 Å². The smallest absolute Gasteiger partial charge is 0.309 e. The highest BCUT2D eigenvalue weighted by molar-refractivity contribution is 5.74. The van der Waals surface area contributed by atoms with Gasteiger partial charge in [-0.2, -0.15) is 0 Å². The van der Waals surface area contributed by atoms with Crippen LogP contribution in [-0.4, -0.2) is 22.1 Å². The topological polar surface area (TPSA) is 44.1 Å². The van der Waals surface area contributed by atoms with Gasteiger partial charge in [-0.1, -0.05) is 6.85 Å². The quantitative estimate of drug-likeness (QED) is 0.736. The Kier molecular flexibility index (Phi) is 1.56. The summed E-state index contributed by atoms with van der Waals surface area (Å²) in [5, 5.41) is 0. The Hall–Kier alpha value is -1.32. The summed E-state index contributed by atoms with van der Waals surface area (Å²) in [5.74, 6) is -2.26. The summed E-state index contributed by atoms with van der Waals surface area (Å²) < 4.78 is 51.9. The zero-order valence-electron chi connectivity index (χ0n) is 15.3. The first-order valence-electron chi connectivity index (χ1n) is 8.14. The van der Waals surface area contributed by atoms with E-state index in [0.717, 1.165) is 0 Å². The molecule has 0 unspecified atom stereocenters. The van der Waals surface area contributed by atoms with Crippen LogP contribution in [0, 0.1) is 18.8 Å². The van der Waals surface area contributed by atoms with Crippen molar-refractivity contribution in [3.8, 4) is 0 Å². The number of nitrogens with zero attached hydrogens (tertiary/aromatic N) is 2. The minimum Gasteiger partial charge on any atom is -0.465 e. The molecular weight excluding hydrogens is 204 g/mol. The molecule has 1 aliphatic rings. The number of esters is 1. The molecule has 2 atom stereocenters. The molecule has 0 amide bonds. The van der Waals surface area contributed by atoms with Gasteiger partial charge in [0, 0.05) is 28.9 Å². The van der Waals surface area contributed by atoms with Crippen molar-refractivity contribution in [2.45, 2.75) is 26.6 Å². The summed E-state index contributed by atoms with van der Waals surface area (Å²) in [5.41, 5.74) is 0.459. The third kappa shape index (κ3) is 1.84. The Morgan fingerprint density at radius 3 is 3.31 bits per heavy atom. The molecule has 0 aliphatic carbocycles. The monoisotopic (exact) mass is 228 g/mol. The van der Waals surface area contributed by atoms with E-state index in [1.807, 2.05) is 0 Å². The summed E-state index contributed by atoms with van der Waals surface area (Å²) in [6.45, 7) is -2.89. The van der Waals surface area contributed by atoms with Gasteiger partial charge in [-0.05, 0) is 19.8 Å². The van der Waals surface area contributed by atoms with Crippen molar-refractivity contribution in [3.63, 3.8) is 0 Å². The van der Waals surface area contributed by atoms with Crippen LogP contribution in [-0.2, 0) is 23.0 Å². The van der Waals surface area contributed by atoms with Gasteiger partial charge in [0.1, 0.15) is 5.82 Å². The number of ether oxygens (including phenoxy) is 1. The number of carbonyl (C=O) groups is 1. The lowest BCUT2D eigenvalue weighted by atomic mass is 9.89. The Morgan fingerprint density at radius 1 is 1.88 bits per heavy atom. The first-order valence-corrected chi connectivity index (χ1v) is 5.14. The van der Waals surface area contributed by atoms with Gasteiger partial charge in [0.2, 0.25) is 0 Å². The van der Waals surface area contributed by atoms with E-state index in [9.17, 15) is 4.79 Å². The Balaban J connectivity index is 2.33. The molecule has 1 saturated heterocycles. The first kappa shape index (κ1) is 5.84. The van der Waals surface area contributed by atoms with Crippen LogP contribution in [0.25, 0.3) is 0 Å². The van der Waals surface area contributed by atoms with Crippen LogP contribution in [0.3, 0.4) is 0 Å². The minimum atomic E-state index is -2.35. The van der Waals surface area contributed by atoms with Crippen molar-refractivity contribution >= 4 is 5.97 Å². The molecular formula is C12H18N2O2. The molecule has 1 aromatic heterocycles. The van der Waals surface area contributed by atoms with Gasteiger partial charge in [-0.3, -0.25) is 4.79 Å². The first-order chi connectivity index (χ1) is 9.92. The number of hydrogen-bond acceptors (Lipinski definition) is 3. The zero-order chi connectivity index (χ0) is 16.9. The summed E-state index contributed by atoms with van der Waals surface area (Å²) in [6.07, 6.45) is -0.418. The normalized spacial score (nSPS) is 34.2.